The average Bonchev–Trinajstić information content (AvgIpc) is 2.89. The van der Waals surface area contributed by atoms with Crippen molar-refractivity contribution in [3.63, 3.8) is 0 Å². The van der Waals surface area contributed by atoms with Gasteiger partial charge in [0, 0.05) is 19.1 Å². The van der Waals surface area contributed by atoms with Gasteiger partial charge >= 0.3 is 0 Å². The summed E-state index contributed by atoms with van der Waals surface area (Å²) >= 11 is 6.24. The normalized spacial score (nSPS) is 15.6. The van der Waals surface area contributed by atoms with Gasteiger partial charge in [0.25, 0.3) is 10.0 Å². The number of aromatic nitrogens is 2. The first kappa shape index (κ1) is 26.5. The molecule has 9 nitrogen and oxygen atoms in total. The number of aryl methyl sites for hydroxylation is 1. The SMILES string of the molecule is CCc1ccc(S(=O)(=O)N2CCC(N(c3cnc(CO)cn3)S(=O)(=O)c3ccccc3Cl)CC2)cc1. The predicted molar refractivity (Wildman–Crippen MR) is 137 cm³/mol. The minimum atomic E-state index is -4.15. The van der Waals surface area contributed by atoms with Crippen LogP contribution in [-0.2, 0) is 33.1 Å². The quantitative estimate of drug-likeness (QED) is 0.457. The van der Waals surface area contributed by atoms with Crippen LogP contribution in [-0.4, -0.2) is 55.3 Å². The molecule has 1 fully saturated rings. The Morgan fingerprint density at radius 1 is 1.00 bits per heavy atom. The van der Waals surface area contributed by atoms with E-state index in [4.69, 9.17) is 11.6 Å². The molecule has 1 aliphatic heterocycles. The van der Waals surface area contributed by atoms with Crippen molar-refractivity contribution in [3.8, 4) is 0 Å². The second kappa shape index (κ2) is 10.8. The lowest BCUT2D eigenvalue weighted by molar-refractivity contribution is 0.276. The Balaban J connectivity index is 1.63. The first-order chi connectivity index (χ1) is 17.2. The zero-order valence-electron chi connectivity index (χ0n) is 19.7. The highest BCUT2D eigenvalue weighted by atomic mass is 35.5. The van der Waals surface area contributed by atoms with Crippen LogP contribution in [0.15, 0.2) is 70.7 Å². The van der Waals surface area contributed by atoms with E-state index in [2.05, 4.69) is 9.97 Å². The summed E-state index contributed by atoms with van der Waals surface area (Å²) < 4.78 is 56.5. The van der Waals surface area contributed by atoms with Crippen LogP contribution in [0.4, 0.5) is 5.82 Å². The van der Waals surface area contributed by atoms with Crippen molar-refractivity contribution in [2.45, 2.75) is 48.6 Å². The minimum absolute atomic E-state index is 0.0676. The van der Waals surface area contributed by atoms with E-state index in [-0.39, 0.29) is 53.2 Å². The Morgan fingerprint density at radius 2 is 1.67 bits per heavy atom. The molecule has 1 aromatic heterocycles. The monoisotopic (exact) mass is 550 g/mol. The Labute approximate surface area is 216 Å². The standard InChI is InChI=1S/C24H27ClN4O5S2/c1-2-18-7-9-21(10-8-18)35(31,32)28-13-11-20(12-14-28)29(24-16-26-19(17-30)15-27-24)36(33,34)23-6-4-3-5-22(23)25/h3-10,15-16,20,30H,2,11-14,17H2,1H3. The molecule has 1 N–H and O–H groups in total. The molecule has 0 saturated carbocycles. The summed E-state index contributed by atoms with van der Waals surface area (Å²) in [4.78, 5) is 8.45. The molecule has 1 aliphatic rings. The van der Waals surface area contributed by atoms with Crippen LogP contribution < -0.4 is 4.31 Å². The number of aliphatic hydroxyl groups is 1. The topological polar surface area (TPSA) is 121 Å². The van der Waals surface area contributed by atoms with Crippen molar-refractivity contribution in [2.24, 2.45) is 0 Å². The Morgan fingerprint density at radius 3 is 2.22 bits per heavy atom. The number of hydrogen-bond acceptors (Lipinski definition) is 7. The van der Waals surface area contributed by atoms with E-state index in [1.54, 1.807) is 36.4 Å². The summed E-state index contributed by atoms with van der Waals surface area (Å²) in [7, 11) is -7.86. The fourth-order valence-electron chi connectivity index (χ4n) is 4.17. The first-order valence-corrected chi connectivity index (χ1v) is 14.7. The van der Waals surface area contributed by atoms with Crippen molar-refractivity contribution in [1.82, 2.24) is 14.3 Å². The Bertz CT molecular complexity index is 1410. The van der Waals surface area contributed by atoms with E-state index in [1.165, 1.54) is 33.1 Å². The summed E-state index contributed by atoms with van der Waals surface area (Å²) in [6.45, 7) is 1.94. The number of aliphatic hydroxyl groups excluding tert-OH is 1. The van der Waals surface area contributed by atoms with E-state index in [0.717, 1.165) is 12.0 Å². The molecule has 0 unspecified atom stereocenters. The third-order valence-electron chi connectivity index (χ3n) is 6.18. The van der Waals surface area contributed by atoms with Crippen LogP contribution >= 0.6 is 11.6 Å². The maximum absolute atomic E-state index is 13.8. The number of benzene rings is 2. The van der Waals surface area contributed by atoms with Gasteiger partial charge in [-0.25, -0.2) is 26.1 Å². The van der Waals surface area contributed by atoms with Crippen molar-refractivity contribution < 1.29 is 21.9 Å². The van der Waals surface area contributed by atoms with Gasteiger partial charge in [0.05, 0.1) is 34.6 Å². The van der Waals surface area contributed by atoms with E-state index < -0.39 is 26.1 Å². The molecular weight excluding hydrogens is 524 g/mol. The highest BCUT2D eigenvalue weighted by molar-refractivity contribution is 7.93. The maximum atomic E-state index is 13.8. The highest BCUT2D eigenvalue weighted by Crippen LogP contribution is 2.33. The van der Waals surface area contributed by atoms with Gasteiger partial charge in [0.1, 0.15) is 4.90 Å². The zero-order chi connectivity index (χ0) is 25.9. The summed E-state index contributed by atoms with van der Waals surface area (Å²) in [5, 5.41) is 9.37. The van der Waals surface area contributed by atoms with E-state index >= 15 is 0 Å². The third-order valence-corrected chi connectivity index (χ3v) is 10.4. The van der Waals surface area contributed by atoms with Crippen molar-refractivity contribution in [3.05, 3.63) is 77.2 Å². The van der Waals surface area contributed by atoms with Crippen molar-refractivity contribution in [2.75, 3.05) is 17.4 Å². The molecule has 36 heavy (non-hydrogen) atoms. The molecule has 0 aliphatic carbocycles. The number of piperidine rings is 1. The molecule has 0 amide bonds. The summed E-state index contributed by atoms with van der Waals surface area (Å²) in [5.41, 5.74) is 1.34. The summed E-state index contributed by atoms with van der Waals surface area (Å²) in [6.07, 6.45) is 3.91. The molecule has 192 valence electrons. The van der Waals surface area contributed by atoms with Gasteiger partial charge in [-0.2, -0.15) is 4.31 Å². The molecule has 0 radical (unpaired) electrons. The van der Waals surface area contributed by atoms with Crippen LogP contribution in [0, 0.1) is 0 Å². The predicted octanol–water partition coefficient (Wildman–Crippen LogP) is 3.23. The fourth-order valence-corrected chi connectivity index (χ4v) is 7.79. The van der Waals surface area contributed by atoms with Gasteiger partial charge in [0.2, 0.25) is 10.0 Å². The van der Waals surface area contributed by atoms with Gasteiger partial charge in [0.15, 0.2) is 5.82 Å². The van der Waals surface area contributed by atoms with E-state index in [1.807, 2.05) is 6.92 Å². The molecule has 3 aromatic rings. The molecule has 0 atom stereocenters. The van der Waals surface area contributed by atoms with Gasteiger partial charge in [-0.05, 0) is 49.1 Å². The third kappa shape index (κ3) is 5.25. The van der Waals surface area contributed by atoms with Gasteiger partial charge < -0.3 is 5.11 Å². The van der Waals surface area contributed by atoms with Crippen LogP contribution in [0.25, 0.3) is 0 Å². The Kier molecular flexibility index (Phi) is 7.96. The number of halogens is 1. The lowest BCUT2D eigenvalue weighted by Crippen LogP contribution is -2.49. The van der Waals surface area contributed by atoms with Crippen LogP contribution in [0.1, 0.15) is 31.0 Å². The molecule has 12 heteroatoms. The number of hydrogen-bond donors (Lipinski definition) is 1. The maximum Gasteiger partial charge on any atom is 0.267 e. The first-order valence-electron chi connectivity index (χ1n) is 11.5. The molecule has 4 rings (SSSR count). The lowest BCUT2D eigenvalue weighted by Gasteiger charge is -2.37. The van der Waals surface area contributed by atoms with Gasteiger partial charge in [-0.3, -0.25) is 4.98 Å². The van der Waals surface area contributed by atoms with E-state index in [9.17, 15) is 21.9 Å². The van der Waals surface area contributed by atoms with Crippen LogP contribution in [0.3, 0.4) is 0 Å². The van der Waals surface area contributed by atoms with Crippen LogP contribution in [0.2, 0.25) is 5.02 Å². The molecular formula is C24H27ClN4O5S2. The van der Waals surface area contributed by atoms with Gasteiger partial charge in [-0.1, -0.05) is 42.8 Å². The number of sulfonamides is 2. The number of rotatable bonds is 8. The van der Waals surface area contributed by atoms with E-state index in [0.29, 0.717) is 5.69 Å². The highest BCUT2D eigenvalue weighted by Gasteiger charge is 2.38. The number of nitrogens with zero attached hydrogens (tertiary/aromatic N) is 4. The average molecular weight is 551 g/mol. The number of anilines is 1. The van der Waals surface area contributed by atoms with Crippen molar-refractivity contribution >= 4 is 37.5 Å². The summed E-state index contributed by atoms with van der Waals surface area (Å²) in [6, 6.07) is 12.4. The van der Waals surface area contributed by atoms with Crippen LogP contribution in [0.5, 0.6) is 0 Å². The molecule has 1 saturated heterocycles. The second-order valence-electron chi connectivity index (χ2n) is 8.39. The minimum Gasteiger partial charge on any atom is -0.390 e. The zero-order valence-corrected chi connectivity index (χ0v) is 22.0. The van der Waals surface area contributed by atoms with Gasteiger partial charge in [-0.15, -0.1) is 0 Å². The summed E-state index contributed by atoms with van der Waals surface area (Å²) in [5.74, 6) is 0.0728. The largest absolute Gasteiger partial charge is 0.390 e. The molecule has 2 aromatic carbocycles. The molecule has 2 heterocycles. The van der Waals surface area contributed by atoms with Crippen molar-refractivity contribution in [1.29, 1.82) is 0 Å². The lowest BCUT2D eigenvalue weighted by atomic mass is 10.1. The molecule has 0 bridgehead atoms. The molecule has 0 spiro atoms. The second-order valence-corrected chi connectivity index (χ2v) is 12.5. The smallest absolute Gasteiger partial charge is 0.267 e. The Hall–Kier alpha value is -2.57. The fraction of sp³-hybridized carbons (Fsp3) is 0.333.